The molecule has 6 nitrogen and oxygen atoms in total. The first-order chi connectivity index (χ1) is 13.1. The smallest absolute Gasteiger partial charge is 0.242 e. The van der Waals surface area contributed by atoms with Gasteiger partial charge < -0.3 is 22.1 Å². The van der Waals surface area contributed by atoms with Crippen LogP contribution in [0.2, 0.25) is 0 Å². The Bertz CT molecular complexity index is 707. The predicted molar refractivity (Wildman–Crippen MR) is 107 cm³/mol. The molecular formula is C21H28N4O2. The zero-order chi connectivity index (χ0) is 19.5. The van der Waals surface area contributed by atoms with E-state index in [-0.39, 0.29) is 11.8 Å². The van der Waals surface area contributed by atoms with Gasteiger partial charge >= 0.3 is 0 Å². The summed E-state index contributed by atoms with van der Waals surface area (Å²) in [4.78, 5) is 25.0. The zero-order valence-electron chi connectivity index (χ0n) is 15.4. The fourth-order valence-corrected chi connectivity index (χ4v) is 2.74. The Kier molecular flexibility index (Phi) is 8.48. The van der Waals surface area contributed by atoms with Crippen LogP contribution in [0.25, 0.3) is 0 Å². The molecule has 6 N–H and O–H groups in total. The van der Waals surface area contributed by atoms with E-state index in [1.54, 1.807) is 0 Å². The van der Waals surface area contributed by atoms with Crippen molar-refractivity contribution in [2.75, 3.05) is 6.54 Å². The van der Waals surface area contributed by atoms with Crippen molar-refractivity contribution in [2.24, 2.45) is 11.5 Å². The fraction of sp³-hybridized carbons (Fsp3) is 0.333. The van der Waals surface area contributed by atoms with Gasteiger partial charge in [0.15, 0.2) is 0 Å². The van der Waals surface area contributed by atoms with Crippen molar-refractivity contribution < 1.29 is 9.59 Å². The number of nitrogens with two attached hydrogens (primary N) is 2. The van der Waals surface area contributed by atoms with Crippen LogP contribution in [0.15, 0.2) is 60.7 Å². The van der Waals surface area contributed by atoms with E-state index in [1.807, 2.05) is 60.7 Å². The molecule has 2 aromatic carbocycles. The Balaban J connectivity index is 1.91. The van der Waals surface area contributed by atoms with Crippen LogP contribution in [0.4, 0.5) is 0 Å². The molecule has 2 atom stereocenters. The Morgan fingerprint density at radius 3 is 2.07 bits per heavy atom. The second-order valence-corrected chi connectivity index (χ2v) is 6.49. The largest absolute Gasteiger partial charge is 0.350 e. The molecule has 0 saturated heterocycles. The van der Waals surface area contributed by atoms with Crippen LogP contribution in [0.5, 0.6) is 0 Å². The van der Waals surface area contributed by atoms with Crippen molar-refractivity contribution in [2.45, 2.75) is 37.9 Å². The van der Waals surface area contributed by atoms with Gasteiger partial charge in [0.2, 0.25) is 11.8 Å². The van der Waals surface area contributed by atoms with E-state index < -0.39 is 12.1 Å². The van der Waals surface area contributed by atoms with Crippen molar-refractivity contribution in [3.63, 3.8) is 0 Å². The third-order valence-corrected chi connectivity index (χ3v) is 4.27. The second-order valence-electron chi connectivity index (χ2n) is 6.49. The van der Waals surface area contributed by atoms with Crippen LogP contribution in [-0.4, -0.2) is 30.4 Å². The molecule has 0 heterocycles. The molecule has 1 unspecified atom stereocenters. The molecule has 0 radical (unpaired) electrons. The topological polar surface area (TPSA) is 110 Å². The number of hydrogen-bond donors (Lipinski definition) is 4. The van der Waals surface area contributed by atoms with Crippen LogP contribution < -0.4 is 22.1 Å². The van der Waals surface area contributed by atoms with E-state index in [2.05, 4.69) is 10.6 Å². The summed E-state index contributed by atoms with van der Waals surface area (Å²) in [6.07, 6.45) is 1.53. The maximum Gasteiger partial charge on any atom is 0.242 e. The molecule has 0 aliphatic rings. The van der Waals surface area contributed by atoms with E-state index in [4.69, 9.17) is 11.5 Å². The van der Waals surface area contributed by atoms with Gasteiger partial charge in [0.1, 0.15) is 6.04 Å². The van der Waals surface area contributed by atoms with Crippen LogP contribution in [0, 0.1) is 0 Å². The van der Waals surface area contributed by atoms with Crippen LogP contribution in [0.3, 0.4) is 0 Å². The highest BCUT2D eigenvalue weighted by Gasteiger charge is 2.23. The number of hydrogen-bond acceptors (Lipinski definition) is 4. The lowest BCUT2D eigenvalue weighted by Gasteiger charge is -2.21. The zero-order valence-corrected chi connectivity index (χ0v) is 15.4. The molecule has 0 bridgehead atoms. The highest BCUT2D eigenvalue weighted by molar-refractivity contribution is 5.89. The molecule has 0 fully saturated rings. The number of benzene rings is 2. The first kappa shape index (κ1) is 20.6. The van der Waals surface area contributed by atoms with Gasteiger partial charge in [-0.2, -0.15) is 0 Å². The summed E-state index contributed by atoms with van der Waals surface area (Å²) >= 11 is 0. The number of carbonyl (C=O) groups excluding carboxylic acids is 2. The molecule has 0 saturated carbocycles. The van der Waals surface area contributed by atoms with E-state index in [1.165, 1.54) is 0 Å². The first-order valence-corrected chi connectivity index (χ1v) is 9.21. The summed E-state index contributed by atoms with van der Waals surface area (Å²) in [5.74, 6) is -0.566. The molecule has 144 valence electrons. The van der Waals surface area contributed by atoms with Gasteiger partial charge in [-0.25, -0.2) is 0 Å². The summed E-state index contributed by atoms with van der Waals surface area (Å²) in [7, 11) is 0. The summed E-state index contributed by atoms with van der Waals surface area (Å²) in [6, 6.07) is 17.8. The Hall–Kier alpha value is -2.70. The fourth-order valence-electron chi connectivity index (χ4n) is 2.74. The number of amides is 2. The third-order valence-electron chi connectivity index (χ3n) is 4.27. The quantitative estimate of drug-likeness (QED) is 0.503. The minimum absolute atomic E-state index is 0.229. The molecule has 2 rings (SSSR count). The lowest BCUT2D eigenvalue weighted by Crippen LogP contribution is -2.52. The maximum absolute atomic E-state index is 12.5. The standard InChI is InChI=1S/C21H28N4O2/c22-13-7-12-19(21(27)24-15-17-10-5-2-6-11-17)25-20(26)18(23)14-16-8-3-1-4-9-16/h1-6,8-11,18-19H,7,12-15,22-23H2,(H,24,27)(H,25,26)/t18?,19-/m0/s1. The van der Waals surface area contributed by atoms with E-state index in [0.29, 0.717) is 32.4 Å². The molecule has 2 aromatic rings. The maximum atomic E-state index is 12.5. The predicted octanol–water partition coefficient (Wildman–Crippen LogP) is 1.10. The number of nitrogens with one attached hydrogen (secondary N) is 2. The van der Waals surface area contributed by atoms with Crippen molar-refractivity contribution >= 4 is 11.8 Å². The average Bonchev–Trinajstić information content (AvgIpc) is 2.70. The second kappa shape index (κ2) is 11.1. The van der Waals surface area contributed by atoms with Crippen molar-refractivity contribution in [3.8, 4) is 0 Å². The molecule has 0 aliphatic carbocycles. The Labute approximate surface area is 160 Å². The Morgan fingerprint density at radius 2 is 1.48 bits per heavy atom. The SMILES string of the molecule is NCCC[C@H](NC(=O)C(N)Cc1ccccc1)C(=O)NCc1ccccc1. The molecular weight excluding hydrogens is 340 g/mol. The highest BCUT2D eigenvalue weighted by atomic mass is 16.2. The van der Waals surface area contributed by atoms with E-state index in [0.717, 1.165) is 11.1 Å². The molecule has 27 heavy (non-hydrogen) atoms. The van der Waals surface area contributed by atoms with Crippen LogP contribution >= 0.6 is 0 Å². The van der Waals surface area contributed by atoms with Crippen molar-refractivity contribution in [3.05, 3.63) is 71.8 Å². The van der Waals surface area contributed by atoms with Crippen LogP contribution in [-0.2, 0) is 22.6 Å². The molecule has 0 spiro atoms. The number of rotatable bonds is 10. The summed E-state index contributed by atoms with van der Waals surface area (Å²) in [5.41, 5.74) is 13.6. The van der Waals surface area contributed by atoms with Gasteiger partial charge in [0, 0.05) is 6.54 Å². The number of carbonyl (C=O) groups is 2. The lowest BCUT2D eigenvalue weighted by atomic mass is 10.0. The Morgan fingerprint density at radius 1 is 0.889 bits per heavy atom. The average molecular weight is 368 g/mol. The molecule has 6 heteroatoms. The van der Waals surface area contributed by atoms with Crippen molar-refractivity contribution in [1.29, 1.82) is 0 Å². The van der Waals surface area contributed by atoms with E-state index >= 15 is 0 Å². The van der Waals surface area contributed by atoms with Gasteiger partial charge in [-0.1, -0.05) is 60.7 Å². The van der Waals surface area contributed by atoms with Gasteiger partial charge in [-0.3, -0.25) is 9.59 Å². The minimum atomic E-state index is -0.713. The summed E-state index contributed by atoms with van der Waals surface area (Å²) in [5, 5.41) is 5.64. The third kappa shape index (κ3) is 7.21. The normalized spacial score (nSPS) is 12.8. The molecule has 0 aliphatic heterocycles. The lowest BCUT2D eigenvalue weighted by molar-refractivity contribution is -0.129. The van der Waals surface area contributed by atoms with Gasteiger partial charge in [-0.05, 0) is 36.9 Å². The summed E-state index contributed by atoms with van der Waals surface area (Å²) < 4.78 is 0. The van der Waals surface area contributed by atoms with E-state index in [9.17, 15) is 9.59 Å². The molecule has 2 amide bonds. The monoisotopic (exact) mass is 368 g/mol. The van der Waals surface area contributed by atoms with Crippen LogP contribution in [0.1, 0.15) is 24.0 Å². The minimum Gasteiger partial charge on any atom is -0.350 e. The summed E-state index contributed by atoms with van der Waals surface area (Å²) in [6.45, 7) is 0.860. The highest BCUT2D eigenvalue weighted by Crippen LogP contribution is 2.04. The van der Waals surface area contributed by atoms with Crippen molar-refractivity contribution in [1.82, 2.24) is 10.6 Å². The van der Waals surface area contributed by atoms with Gasteiger partial charge in [-0.15, -0.1) is 0 Å². The first-order valence-electron chi connectivity index (χ1n) is 9.21. The molecule has 0 aromatic heterocycles. The van der Waals surface area contributed by atoms with Gasteiger partial charge in [0.05, 0.1) is 6.04 Å². The van der Waals surface area contributed by atoms with Gasteiger partial charge in [0.25, 0.3) is 0 Å².